The van der Waals surface area contributed by atoms with Gasteiger partial charge in [0.05, 0.1) is 6.61 Å². The second-order valence-corrected chi connectivity index (χ2v) is 6.80. The minimum absolute atomic E-state index is 0.185. The average molecular weight is 291 g/mol. The summed E-state index contributed by atoms with van der Waals surface area (Å²) in [6.07, 6.45) is 1.94. The van der Waals surface area contributed by atoms with Gasteiger partial charge in [-0.25, -0.2) is 0 Å². The summed E-state index contributed by atoms with van der Waals surface area (Å²) < 4.78 is 5.40. The lowest BCUT2D eigenvalue weighted by molar-refractivity contribution is -0.145. The van der Waals surface area contributed by atoms with Crippen LogP contribution in [0, 0.1) is 0 Å². The molecule has 0 aliphatic rings. The van der Waals surface area contributed by atoms with Gasteiger partial charge in [-0.2, -0.15) is 0 Å². The van der Waals surface area contributed by atoms with Crippen LogP contribution < -0.4 is 0 Å². The highest BCUT2D eigenvalue weighted by Crippen LogP contribution is 2.28. The predicted octanol–water partition coefficient (Wildman–Crippen LogP) is 3.47. The van der Waals surface area contributed by atoms with Crippen molar-refractivity contribution in [2.75, 3.05) is 19.7 Å². The Bertz CT molecular complexity index is 276. The fourth-order valence-electron chi connectivity index (χ4n) is 1.29. The van der Waals surface area contributed by atoms with Gasteiger partial charge in [-0.15, -0.1) is 0 Å². The zero-order chi connectivity index (χ0) is 14.2. The number of nitrogens with zero attached hydrogens (tertiary/aromatic N) is 1. The first-order valence-corrected chi connectivity index (χ1v) is 7.76. The van der Waals surface area contributed by atoms with Gasteiger partial charge in [-0.1, -0.05) is 37.3 Å². The van der Waals surface area contributed by atoms with E-state index in [4.69, 9.17) is 17.0 Å². The maximum Gasteiger partial charge on any atom is 0.322 e. The predicted molar refractivity (Wildman–Crippen MR) is 83.1 cm³/mol. The fourth-order valence-corrected chi connectivity index (χ4v) is 3.14. The normalized spacial score (nSPS) is 11.2. The number of unbranched alkanes of at least 4 members (excludes halogenated alkanes) is 1. The number of esters is 1. The largest absolute Gasteiger partial charge is 0.465 e. The standard InChI is InChI=1S/C13H25NO2S2/c1-6-9-10-16-11(15)13(4,5)18-12(17)14(7-2)8-3/h6-10H2,1-5H3. The highest BCUT2D eigenvalue weighted by molar-refractivity contribution is 8.24. The molecule has 0 heterocycles. The van der Waals surface area contributed by atoms with Crippen molar-refractivity contribution in [1.29, 1.82) is 0 Å². The summed E-state index contributed by atoms with van der Waals surface area (Å²) in [5.41, 5.74) is 0. The lowest BCUT2D eigenvalue weighted by Crippen LogP contribution is -2.36. The summed E-state index contributed by atoms with van der Waals surface area (Å²) in [5.74, 6) is -0.185. The van der Waals surface area contributed by atoms with E-state index < -0.39 is 4.75 Å². The number of carbonyl (C=O) groups excluding carboxylic acids is 1. The van der Waals surface area contributed by atoms with E-state index in [2.05, 4.69) is 25.7 Å². The Morgan fingerprint density at radius 2 is 1.83 bits per heavy atom. The van der Waals surface area contributed by atoms with Gasteiger partial charge < -0.3 is 9.64 Å². The number of carbonyl (C=O) groups is 1. The van der Waals surface area contributed by atoms with E-state index in [1.54, 1.807) is 0 Å². The Hall–Kier alpha value is -0.290. The SMILES string of the molecule is CCCCOC(=O)C(C)(C)SC(=S)N(CC)CC. The Morgan fingerprint density at radius 3 is 2.28 bits per heavy atom. The molecule has 0 rings (SSSR count). The first-order chi connectivity index (χ1) is 8.38. The van der Waals surface area contributed by atoms with E-state index in [1.165, 1.54) is 11.8 Å². The van der Waals surface area contributed by atoms with Crippen molar-refractivity contribution < 1.29 is 9.53 Å². The summed E-state index contributed by atoms with van der Waals surface area (Å²) in [7, 11) is 0. The smallest absolute Gasteiger partial charge is 0.322 e. The number of hydrogen-bond acceptors (Lipinski definition) is 4. The topological polar surface area (TPSA) is 29.5 Å². The van der Waals surface area contributed by atoms with Gasteiger partial charge in [-0.3, -0.25) is 4.79 Å². The molecule has 0 N–H and O–H groups in total. The van der Waals surface area contributed by atoms with Crippen LogP contribution in [0.1, 0.15) is 47.5 Å². The van der Waals surface area contributed by atoms with Crippen molar-refractivity contribution in [3.8, 4) is 0 Å². The first-order valence-electron chi connectivity index (χ1n) is 6.54. The van der Waals surface area contributed by atoms with E-state index in [9.17, 15) is 4.79 Å². The lowest BCUT2D eigenvalue weighted by atomic mass is 10.2. The summed E-state index contributed by atoms with van der Waals surface area (Å²) in [6.45, 7) is 12.1. The monoisotopic (exact) mass is 291 g/mol. The van der Waals surface area contributed by atoms with E-state index >= 15 is 0 Å². The van der Waals surface area contributed by atoms with Crippen molar-refractivity contribution >= 4 is 34.3 Å². The fraction of sp³-hybridized carbons (Fsp3) is 0.846. The Balaban J connectivity index is 4.35. The van der Waals surface area contributed by atoms with Crippen LogP contribution in [0.15, 0.2) is 0 Å². The van der Waals surface area contributed by atoms with Gasteiger partial charge in [-0.05, 0) is 34.1 Å². The summed E-state index contributed by atoms with van der Waals surface area (Å²) in [6, 6.07) is 0. The average Bonchev–Trinajstić information content (AvgIpc) is 2.30. The van der Waals surface area contributed by atoms with Crippen LogP contribution in [0.5, 0.6) is 0 Å². The zero-order valence-corrected chi connectivity index (χ0v) is 13.7. The molecular weight excluding hydrogens is 266 g/mol. The minimum Gasteiger partial charge on any atom is -0.465 e. The second-order valence-electron chi connectivity index (χ2n) is 4.54. The Labute approximate surface area is 121 Å². The van der Waals surface area contributed by atoms with Crippen LogP contribution in [-0.2, 0) is 9.53 Å². The molecule has 0 spiro atoms. The molecule has 18 heavy (non-hydrogen) atoms. The van der Waals surface area contributed by atoms with Crippen molar-refractivity contribution in [2.45, 2.75) is 52.2 Å². The van der Waals surface area contributed by atoms with Crippen molar-refractivity contribution in [2.24, 2.45) is 0 Å². The zero-order valence-electron chi connectivity index (χ0n) is 12.1. The van der Waals surface area contributed by atoms with Gasteiger partial charge >= 0.3 is 5.97 Å². The van der Waals surface area contributed by atoms with Crippen molar-refractivity contribution in [3.63, 3.8) is 0 Å². The molecule has 5 heteroatoms. The van der Waals surface area contributed by atoms with Crippen LogP contribution in [0.2, 0.25) is 0 Å². The molecule has 0 aliphatic heterocycles. The molecule has 0 aromatic rings. The van der Waals surface area contributed by atoms with Gasteiger partial charge in [0.15, 0.2) is 0 Å². The van der Waals surface area contributed by atoms with Crippen LogP contribution in [0.25, 0.3) is 0 Å². The minimum atomic E-state index is -0.618. The van der Waals surface area contributed by atoms with E-state index in [1.807, 2.05) is 13.8 Å². The Kier molecular flexibility index (Phi) is 8.61. The number of thiocarbonyl (C=S) groups is 1. The van der Waals surface area contributed by atoms with Gasteiger partial charge in [0.25, 0.3) is 0 Å². The molecule has 0 fully saturated rings. The number of ether oxygens (including phenoxy) is 1. The van der Waals surface area contributed by atoms with Gasteiger partial charge in [0.2, 0.25) is 0 Å². The number of rotatable bonds is 7. The third-order valence-corrected chi connectivity index (χ3v) is 4.20. The molecule has 106 valence electrons. The highest BCUT2D eigenvalue weighted by Gasteiger charge is 2.32. The summed E-state index contributed by atoms with van der Waals surface area (Å²) in [4.78, 5) is 14.0. The van der Waals surface area contributed by atoms with Gasteiger partial charge in [0.1, 0.15) is 9.07 Å². The maximum absolute atomic E-state index is 12.0. The highest BCUT2D eigenvalue weighted by atomic mass is 32.2. The Morgan fingerprint density at radius 1 is 1.28 bits per heavy atom. The molecule has 0 amide bonds. The van der Waals surface area contributed by atoms with Crippen LogP contribution in [0.3, 0.4) is 0 Å². The molecule has 0 aromatic heterocycles. The number of hydrogen-bond donors (Lipinski definition) is 0. The third-order valence-electron chi connectivity index (χ3n) is 2.59. The molecule has 0 saturated carbocycles. The van der Waals surface area contributed by atoms with Crippen LogP contribution >= 0.6 is 24.0 Å². The van der Waals surface area contributed by atoms with E-state index in [0.717, 1.165) is 30.3 Å². The van der Waals surface area contributed by atoms with Crippen LogP contribution in [0.4, 0.5) is 0 Å². The molecule has 0 bridgehead atoms. The third kappa shape index (κ3) is 6.05. The summed E-state index contributed by atoms with van der Waals surface area (Å²) in [5, 5.41) is 0. The quantitative estimate of drug-likeness (QED) is 0.407. The molecule has 0 atom stereocenters. The molecule has 0 aromatic carbocycles. The van der Waals surface area contributed by atoms with Gasteiger partial charge in [0, 0.05) is 13.1 Å². The van der Waals surface area contributed by atoms with Crippen molar-refractivity contribution in [3.05, 3.63) is 0 Å². The molecule has 0 aliphatic carbocycles. The van der Waals surface area contributed by atoms with E-state index in [0.29, 0.717) is 6.61 Å². The maximum atomic E-state index is 12.0. The second kappa shape index (κ2) is 8.75. The molecule has 0 unspecified atom stereocenters. The lowest BCUT2D eigenvalue weighted by Gasteiger charge is -2.27. The first kappa shape index (κ1) is 17.7. The molecule has 0 saturated heterocycles. The summed E-state index contributed by atoms with van der Waals surface area (Å²) >= 11 is 6.77. The molecule has 0 radical (unpaired) electrons. The molecule has 3 nitrogen and oxygen atoms in total. The van der Waals surface area contributed by atoms with E-state index in [-0.39, 0.29) is 5.97 Å². The van der Waals surface area contributed by atoms with Crippen LogP contribution in [-0.4, -0.2) is 39.6 Å². The van der Waals surface area contributed by atoms with Crippen molar-refractivity contribution in [1.82, 2.24) is 4.90 Å². The number of thioether (sulfide) groups is 1. The molecular formula is C13H25NO2S2.